The highest BCUT2D eigenvalue weighted by atomic mass is 16.3. The minimum atomic E-state index is -0.816. The van der Waals surface area contributed by atoms with Crippen molar-refractivity contribution in [2.45, 2.75) is 12.5 Å². The fourth-order valence-corrected chi connectivity index (χ4v) is 1.24. The monoisotopic (exact) mass is 234 g/mol. The van der Waals surface area contributed by atoms with E-state index in [-0.39, 0.29) is 12.2 Å². The molecule has 17 heavy (non-hydrogen) atoms. The number of carbonyl (C=O) groups is 2. The number of aromatic hydroxyl groups is 1. The van der Waals surface area contributed by atoms with Crippen LogP contribution in [0.25, 0.3) is 0 Å². The van der Waals surface area contributed by atoms with Crippen LogP contribution in [-0.4, -0.2) is 23.0 Å². The molecule has 5 nitrogen and oxygen atoms in total. The molecule has 1 atom stereocenters. The zero-order valence-electron chi connectivity index (χ0n) is 9.22. The molecule has 0 aromatic heterocycles. The Hall–Kier alpha value is -2.14. The maximum Gasteiger partial charge on any atom is 0.249 e. The number of hydrogen-bond acceptors (Lipinski definition) is 4. The van der Waals surface area contributed by atoms with Crippen molar-refractivity contribution in [3.05, 3.63) is 42.5 Å². The largest absolute Gasteiger partial charge is 0.508 e. The van der Waals surface area contributed by atoms with Crippen LogP contribution >= 0.6 is 0 Å². The smallest absolute Gasteiger partial charge is 0.249 e. The summed E-state index contributed by atoms with van der Waals surface area (Å²) in [7, 11) is 0. The molecule has 0 saturated carbocycles. The molecule has 0 radical (unpaired) electrons. The van der Waals surface area contributed by atoms with Gasteiger partial charge in [-0.3, -0.25) is 14.9 Å². The van der Waals surface area contributed by atoms with Crippen LogP contribution in [0.5, 0.6) is 5.75 Å². The third-order valence-corrected chi connectivity index (χ3v) is 2.16. The van der Waals surface area contributed by atoms with E-state index in [1.165, 1.54) is 12.1 Å². The summed E-state index contributed by atoms with van der Waals surface area (Å²) in [4.78, 5) is 22.3. The quantitative estimate of drug-likeness (QED) is 0.644. The second-order valence-electron chi connectivity index (χ2n) is 3.53. The van der Waals surface area contributed by atoms with E-state index in [9.17, 15) is 9.59 Å². The Kier molecular flexibility index (Phi) is 4.42. The molecule has 0 aliphatic rings. The minimum absolute atomic E-state index is 0.147. The molecule has 0 aliphatic carbocycles. The van der Waals surface area contributed by atoms with Gasteiger partial charge in [0.05, 0.1) is 6.04 Å². The Morgan fingerprint density at radius 3 is 2.53 bits per heavy atom. The Morgan fingerprint density at radius 2 is 2.00 bits per heavy atom. The highest BCUT2D eigenvalue weighted by molar-refractivity contribution is 6.02. The SMILES string of the molecule is C=CC(=O)NC(=O)[C@@H](N)Cc1ccc(O)cc1. The predicted molar refractivity (Wildman–Crippen MR) is 63.1 cm³/mol. The van der Waals surface area contributed by atoms with Gasteiger partial charge in [-0.2, -0.15) is 0 Å². The van der Waals surface area contributed by atoms with E-state index in [2.05, 4.69) is 11.9 Å². The second kappa shape index (κ2) is 5.81. The van der Waals surface area contributed by atoms with E-state index in [0.717, 1.165) is 11.6 Å². The van der Waals surface area contributed by atoms with Gasteiger partial charge in [-0.1, -0.05) is 18.7 Å². The molecule has 1 rings (SSSR count). The van der Waals surface area contributed by atoms with Crippen LogP contribution in [0.2, 0.25) is 0 Å². The average Bonchev–Trinajstić information content (AvgIpc) is 2.31. The molecule has 0 spiro atoms. The molecule has 5 heteroatoms. The summed E-state index contributed by atoms with van der Waals surface area (Å²) in [5.74, 6) is -0.979. The van der Waals surface area contributed by atoms with Gasteiger partial charge in [0.15, 0.2) is 0 Å². The van der Waals surface area contributed by atoms with Crippen molar-refractivity contribution in [1.29, 1.82) is 0 Å². The van der Waals surface area contributed by atoms with E-state index in [0.29, 0.717) is 0 Å². The van der Waals surface area contributed by atoms with Gasteiger partial charge >= 0.3 is 0 Å². The van der Waals surface area contributed by atoms with Gasteiger partial charge < -0.3 is 10.8 Å². The Labute approximate surface area is 98.9 Å². The first-order valence-corrected chi connectivity index (χ1v) is 5.03. The topological polar surface area (TPSA) is 92.4 Å². The lowest BCUT2D eigenvalue weighted by molar-refractivity contribution is -0.128. The summed E-state index contributed by atoms with van der Waals surface area (Å²) in [6.45, 7) is 3.23. The fourth-order valence-electron chi connectivity index (χ4n) is 1.24. The normalized spacial score (nSPS) is 11.6. The van der Waals surface area contributed by atoms with Crippen molar-refractivity contribution in [3.63, 3.8) is 0 Å². The molecule has 90 valence electrons. The summed E-state index contributed by atoms with van der Waals surface area (Å²) in [6.07, 6.45) is 1.29. The van der Waals surface area contributed by atoms with E-state index >= 15 is 0 Å². The number of nitrogens with two attached hydrogens (primary N) is 1. The van der Waals surface area contributed by atoms with Gasteiger partial charge in [-0.05, 0) is 30.2 Å². The minimum Gasteiger partial charge on any atom is -0.508 e. The van der Waals surface area contributed by atoms with Crippen LogP contribution in [0.15, 0.2) is 36.9 Å². The number of benzene rings is 1. The summed E-state index contributed by atoms with van der Waals surface area (Å²) in [5.41, 5.74) is 6.43. The van der Waals surface area contributed by atoms with E-state index < -0.39 is 17.9 Å². The van der Waals surface area contributed by atoms with Crippen LogP contribution in [0, 0.1) is 0 Å². The molecule has 0 bridgehead atoms. The molecular formula is C12H14N2O3. The first-order chi connectivity index (χ1) is 8.02. The maximum absolute atomic E-state index is 11.4. The number of phenolic OH excluding ortho intramolecular Hbond substituents is 1. The Morgan fingerprint density at radius 1 is 1.41 bits per heavy atom. The van der Waals surface area contributed by atoms with Gasteiger partial charge in [0, 0.05) is 0 Å². The van der Waals surface area contributed by atoms with Gasteiger partial charge in [0.2, 0.25) is 11.8 Å². The number of amides is 2. The third kappa shape index (κ3) is 4.08. The van der Waals surface area contributed by atoms with Crippen molar-refractivity contribution >= 4 is 11.8 Å². The van der Waals surface area contributed by atoms with E-state index in [1.807, 2.05) is 0 Å². The summed E-state index contributed by atoms with van der Waals surface area (Å²) in [5, 5.41) is 11.2. The van der Waals surface area contributed by atoms with E-state index in [4.69, 9.17) is 10.8 Å². The molecular weight excluding hydrogens is 220 g/mol. The zero-order valence-corrected chi connectivity index (χ0v) is 9.22. The molecule has 0 saturated heterocycles. The number of rotatable bonds is 4. The predicted octanol–water partition coefficient (Wildman–Crippen LogP) is 0.0908. The fraction of sp³-hybridized carbons (Fsp3) is 0.167. The summed E-state index contributed by atoms with van der Waals surface area (Å²) >= 11 is 0. The van der Waals surface area contributed by atoms with Crippen molar-refractivity contribution in [2.24, 2.45) is 5.73 Å². The van der Waals surface area contributed by atoms with Crippen molar-refractivity contribution in [2.75, 3.05) is 0 Å². The van der Waals surface area contributed by atoms with Crippen molar-refractivity contribution < 1.29 is 14.7 Å². The second-order valence-corrected chi connectivity index (χ2v) is 3.53. The molecule has 0 unspecified atom stereocenters. The first-order valence-electron chi connectivity index (χ1n) is 5.03. The standard InChI is InChI=1S/C12H14N2O3/c1-2-11(16)14-12(17)10(13)7-8-3-5-9(15)6-4-8/h2-6,10,15H,1,7,13H2,(H,14,16,17)/t10-/m0/s1. The highest BCUT2D eigenvalue weighted by Crippen LogP contribution is 2.10. The molecule has 4 N–H and O–H groups in total. The zero-order chi connectivity index (χ0) is 12.8. The number of imide groups is 1. The van der Waals surface area contributed by atoms with Crippen LogP contribution in [-0.2, 0) is 16.0 Å². The van der Waals surface area contributed by atoms with E-state index in [1.54, 1.807) is 12.1 Å². The lowest BCUT2D eigenvalue weighted by atomic mass is 10.1. The van der Waals surface area contributed by atoms with Crippen molar-refractivity contribution in [3.8, 4) is 5.75 Å². The summed E-state index contributed by atoms with van der Waals surface area (Å²) in [6, 6.07) is 5.53. The Bertz CT molecular complexity index is 426. The third-order valence-electron chi connectivity index (χ3n) is 2.16. The molecule has 0 aliphatic heterocycles. The number of nitrogens with one attached hydrogen (secondary N) is 1. The molecule has 1 aromatic carbocycles. The number of carbonyl (C=O) groups excluding carboxylic acids is 2. The van der Waals surface area contributed by atoms with Gasteiger partial charge in [0.1, 0.15) is 5.75 Å². The van der Waals surface area contributed by atoms with Crippen LogP contribution in [0.3, 0.4) is 0 Å². The van der Waals surface area contributed by atoms with Crippen LogP contribution in [0.1, 0.15) is 5.56 Å². The number of hydrogen-bond donors (Lipinski definition) is 3. The molecule has 1 aromatic rings. The maximum atomic E-state index is 11.4. The van der Waals surface area contributed by atoms with Crippen LogP contribution < -0.4 is 11.1 Å². The van der Waals surface area contributed by atoms with Crippen molar-refractivity contribution in [1.82, 2.24) is 5.32 Å². The Balaban J connectivity index is 2.56. The van der Waals surface area contributed by atoms with Gasteiger partial charge in [-0.25, -0.2) is 0 Å². The average molecular weight is 234 g/mol. The van der Waals surface area contributed by atoms with Crippen LogP contribution in [0.4, 0.5) is 0 Å². The van der Waals surface area contributed by atoms with Gasteiger partial charge in [0.25, 0.3) is 0 Å². The lowest BCUT2D eigenvalue weighted by Gasteiger charge is -2.10. The summed E-state index contributed by atoms with van der Waals surface area (Å²) < 4.78 is 0. The molecule has 0 heterocycles. The lowest BCUT2D eigenvalue weighted by Crippen LogP contribution is -2.44. The van der Waals surface area contributed by atoms with Gasteiger partial charge in [-0.15, -0.1) is 0 Å². The molecule has 0 fully saturated rings. The molecule has 2 amide bonds. The first kappa shape index (κ1) is 12.9. The number of phenols is 1. The highest BCUT2D eigenvalue weighted by Gasteiger charge is 2.15.